The molecule has 3 heterocycles. The summed E-state index contributed by atoms with van der Waals surface area (Å²) >= 11 is 4.67. The van der Waals surface area contributed by atoms with E-state index in [0.29, 0.717) is 71.4 Å². The van der Waals surface area contributed by atoms with E-state index in [0.717, 1.165) is 5.69 Å². The first-order chi connectivity index (χ1) is 15.5. The van der Waals surface area contributed by atoms with Crippen molar-refractivity contribution in [2.24, 2.45) is 0 Å². The number of hydrogen-bond donors (Lipinski definition) is 1. The molecular weight excluding hydrogens is 456 g/mol. The second-order valence-electron chi connectivity index (χ2n) is 7.65. The van der Waals surface area contributed by atoms with Crippen molar-refractivity contribution in [2.75, 3.05) is 47.0 Å². The van der Waals surface area contributed by atoms with E-state index in [1.165, 1.54) is 18.2 Å². The van der Waals surface area contributed by atoms with Crippen LogP contribution in [0.3, 0.4) is 0 Å². The van der Waals surface area contributed by atoms with Gasteiger partial charge in [-0.3, -0.25) is 0 Å². The lowest BCUT2D eigenvalue weighted by molar-refractivity contribution is 0.593. The average Bonchev–Trinajstić information content (AvgIpc) is 3.15. The van der Waals surface area contributed by atoms with Crippen LogP contribution in [0.25, 0.3) is 0 Å². The van der Waals surface area contributed by atoms with E-state index in [4.69, 9.17) is 11.6 Å². The molecule has 166 valence electrons. The number of piperazine rings is 1. The highest BCUT2D eigenvalue weighted by Crippen LogP contribution is 2.34. The zero-order valence-corrected chi connectivity index (χ0v) is 18.6. The number of benzene rings is 2. The Labute approximate surface area is 192 Å². The van der Waals surface area contributed by atoms with Gasteiger partial charge in [0, 0.05) is 43.3 Å². The molecule has 0 saturated carbocycles. The smallest absolute Gasteiger partial charge is 0.228 e. The van der Waals surface area contributed by atoms with Crippen molar-refractivity contribution in [2.45, 2.75) is 11.3 Å². The molecule has 1 unspecified atom stereocenters. The maximum atomic E-state index is 14.3. The summed E-state index contributed by atoms with van der Waals surface area (Å²) in [6.45, 7) is 2.39. The van der Waals surface area contributed by atoms with Gasteiger partial charge in [-0.15, -0.1) is 0 Å². The normalized spacial score (nSPS) is 18.1. The predicted molar refractivity (Wildman–Crippen MR) is 123 cm³/mol. The van der Waals surface area contributed by atoms with E-state index < -0.39 is 11.2 Å². The van der Waals surface area contributed by atoms with Crippen molar-refractivity contribution in [3.8, 4) is 0 Å². The zero-order valence-electron chi connectivity index (χ0n) is 17.0. The number of rotatable bonds is 4. The number of halogens is 3. The summed E-state index contributed by atoms with van der Waals surface area (Å²) in [7, 11) is 0. The molecule has 1 atom stereocenters. The topological polar surface area (TPSA) is 67.4 Å². The quantitative estimate of drug-likeness (QED) is 0.572. The summed E-state index contributed by atoms with van der Waals surface area (Å²) in [5.74, 6) is 0.751. The maximum Gasteiger partial charge on any atom is 0.228 e. The molecule has 3 aromatic rings. The van der Waals surface area contributed by atoms with Gasteiger partial charge in [0.1, 0.15) is 23.1 Å². The highest BCUT2D eigenvalue weighted by atomic mass is 35.5. The van der Waals surface area contributed by atoms with Gasteiger partial charge in [-0.25, -0.2) is 13.8 Å². The molecule has 0 spiro atoms. The van der Waals surface area contributed by atoms with Gasteiger partial charge in [0.05, 0.1) is 5.69 Å². The van der Waals surface area contributed by atoms with Crippen LogP contribution in [-0.4, -0.2) is 46.5 Å². The lowest BCUT2D eigenvalue weighted by atomic mass is 10.2. The molecule has 10 heteroatoms. The number of hydrogen-bond acceptors (Lipinski definition) is 6. The van der Waals surface area contributed by atoms with Crippen LogP contribution in [0.1, 0.15) is 5.69 Å². The third-order valence-electron chi connectivity index (χ3n) is 5.58. The van der Waals surface area contributed by atoms with Crippen molar-refractivity contribution in [1.29, 1.82) is 0 Å². The molecule has 2 aliphatic rings. The lowest BCUT2D eigenvalue weighted by Crippen LogP contribution is -2.47. The molecule has 2 aliphatic heterocycles. The minimum atomic E-state index is -1.20. The number of nitrogens with zero attached hydrogens (tertiary/aromatic N) is 4. The Morgan fingerprint density at radius 3 is 2.53 bits per heavy atom. The Bertz CT molecular complexity index is 1160. The number of fused-ring (bicyclic) bond motifs is 1. The standard InChI is InChI=1S/C22H20ClF2N5OS/c23-14-4-5-19(17(25)12-14)29-7-9-30(10-8-29)22-27-18-6-11-32(31)20(18)21(28-22)26-16-3-1-2-15(24)13-16/h1-5,12-13H,6-11H2,(H,26,27,28). The molecule has 2 aromatic carbocycles. The molecule has 1 fully saturated rings. The first-order valence-corrected chi connectivity index (χ1v) is 11.9. The highest BCUT2D eigenvalue weighted by molar-refractivity contribution is 7.91. The van der Waals surface area contributed by atoms with E-state index in [-0.39, 0.29) is 11.6 Å². The van der Waals surface area contributed by atoms with Gasteiger partial charge >= 0.3 is 0 Å². The second-order valence-corrected chi connectivity index (χ2v) is 9.60. The van der Waals surface area contributed by atoms with Gasteiger partial charge in [-0.2, -0.15) is 4.98 Å². The van der Waals surface area contributed by atoms with Gasteiger partial charge in [0.2, 0.25) is 10.8 Å². The molecule has 1 saturated heterocycles. The molecule has 0 radical (unpaired) electrons. The fourth-order valence-electron chi connectivity index (χ4n) is 4.00. The lowest BCUT2D eigenvalue weighted by Gasteiger charge is -2.36. The Balaban J connectivity index is 1.38. The highest BCUT2D eigenvalue weighted by Gasteiger charge is 2.33. The van der Waals surface area contributed by atoms with Crippen LogP contribution in [-0.2, 0) is 17.6 Å². The van der Waals surface area contributed by atoms with Gasteiger partial charge in [0.15, 0.2) is 5.82 Å². The van der Waals surface area contributed by atoms with Crippen LogP contribution in [0.4, 0.5) is 31.9 Å². The third kappa shape index (κ3) is 4.20. The molecular formula is C22H20ClF2N5OS. The Morgan fingerprint density at radius 2 is 1.78 bits per heavy atom. The molecule has 32 heavy (non-hydrogen) atoms. The van der Waals surface area contributed by atoms with Crippen LogP contribution in [0.15, 0.2) is 47.4 Å². The van der Waals surface area contributed by atoms with E-state index in [9.17, 15) is 13.3 Å². The number of anilines is 4. The minimum absolute atomic E-state index is 0.344. The summed E-state index contributed by atoms with van der Waals surface area (Å²) in [6, 6.07) is 10.8. The minimum Gasteiger partial charge on any atom is -0.611 e. The summed E-state index contributed by atoms with van der Waals surface area (Å²) in [4.78, 5) is 13.9. The van der Waals surface area contributed by atoms with Crippen LogP contribution >= 0.6 is 11.6 Å². The van der Waals surface area contributed by atoms with Gasteiger partial charge < -0.3 is 19.7 Å². The van der Waals surface area contributed by atoms with E-state index in [1.54, 1.807) is 24.3 Å². The summed E-state index contributed by atoms with van der Waals surface area (Å²) in [5.41, 5.74) is 1.80. The fraction of sp³-hybridized carbons (Fsp3) is 0.273. The maximum absolute atomic E-state index is 14.3. The predicted octanol–water partition coefficient (Wildman–Crippen LogP) is 4.14. The van der Waals surface area contributed by atoms with E-state index in [1.807, 2.05) is 9.80 Å². The zero-order chi connectivity index (χ0) is 22.2. The number of aromatic nitrogens is 2. The monoisotopic (exact) mass is 475 g/mol. The van der Waals surface area contributed by atoms with E-state index in [2.05, 4.69) is 15.3 Å². The van der Waals surface area contributed by atoms with Crippen molar-refractivity contribution < 1.29 is 13.3 Å². The SMILES string of the molecule is [O-][S+]1CCc2nc(N3CCN(c4ccc(Cl)cc4F)CC3)nc(Nc3cccc(F)c3)c21. The molecule has 1 N–H and O–H groups in total. The van der Waals surface area contributed by atoms with Crippen LogP contribution in [0.5, 0.6) is 0 Å². The van der Waals surface area contributed by atoms with Crippen LogP contribution < -0.4 is 15.1 Å². The summed E-state index contributed by atoms with van der Waals surface area (Å²) in [6.07, 6.45) is 0.602. The molecule has 5 rings (SSSR count). The van der Waals surface area contributed by atoms with Crippen molar-refractivity contribution in [3.05, 3.63) is 64.8 Å². The molecule has 6 nitrogen and oxygen atoms in total. The second kappa shape index (κ2) is 8.73. The Morgan fingerprint density at radius 1 is 1.00 bits per heavy atom. The van der Waals surface area contributed by atoms with Crippen molar-refractivity contribution in [3.63, 3.8) is 0 Å². The first-order valence-electron chi connectivity index (χ1n) is 10.2. The third-order valence-corrected chi connectivity index (χ3v) is 7.27. The first kappa shape index (κ1) is 21.2. The molecule has 0 aliphatic carbocycles. The Kier molecular flexibility index (Phi) is 5.79. The van der Waals surface area contributed by atoms with Gasteiger partial charge in [-0.1, -0.05) is 17.7 Å². The summed E-state index contributed by atoms with van der Waals surface area (Å²) < 4.78 is 40.5. The summed E-state index contributed by atoms with van der Waals surface area (Å²) in [5, 5.41) is 3.49. The van der Waals surface area contributed by atoms with Crippen molar-refractivity contribution >= 4 is 45.9 Å². The van der Waals surface area contributed by atoms with Crippen molar-refractivity contribution in [1.82, 2.24) is 9.97 Å². The van der Waals surface area contributed by atoms with E-state index >= 15 is 0 Å². The van der Waals surface area contributed by atoms with Gasteiger partial charge in [0.25, 0.3) is 0 Å². The Hall–Kier alpha value is -2.62. The number of aryl methyl sites for hydroxylation is 1. The average molecular weight is 476 g/mol. The number of nitrogens with one attached hydrogen (secondary N) is 1. The largest absolute Gasteiger partial charge is 0.611 e. The molecule has 1 aromatic heterocycles. The van der Waals surface area contributed by atoms with Gasteiger partial charge in [-0.05, 0) is 47.6 Å². The van der Waals surface area contributed by atoms with Crippen LogP contribution in [0, 0.1) is 11.6 Å². The molecule has 0 bridgehead atoms. The van der Waals surface area contributed by atoms with Crippen LogP contribution in [0.2, 0.25) is 5.02 Å². The molecule has 0 amide bonds. The fourth-order valence-corrected chi connectivity index (χ4v) is 5.46.